The smallest absolute Gasteiger partial charge is 0.291 e. The lowest BCUT2D eigenvalue weighted by atomic mass is 10.2. The number of aryl methyl sites for hydroxylation is 1. The molecule has 0 saturated heterocycles. The summed E-state index contributed by atoms with van der Waals surface area (Å²) in [7, 11) is 0. The van der Waals surface area contributed by atoms with Gasteiger partial charge in [-0.25, -0.2) is 0 Å². The van der Waals surface area contributed by atoms with E-state index in [1.54, 1.807) is 12.1 Å². The minimum Gasteiger partial charge on any atom is -0.486 e. The first-order valence-electron chi connectivity index (χ1n) is 9.96. The zero-order chi connectivity index (χ0) is 22.7. The second kappa shape index (κ2) is 9.63. The summed E-state index contributed by atoms with van der Waals surface area (Å²) in [6.07, 6.45) is 0. The second-order valence-electron chi connectivity index (χ2n) is 7.29. The molecule has 2 aromatic heterocycles. The van der Waals surface area contributed by atoms with E-state index in [0.717, 1.165) is 27.2 Å². The molecule has 2 heterocycles. The Morgan fingerprint density at radius 2 is 1.81 bits per heavy atom. The van der Waals surface area contributed by atoms with Crippen LogP contribution in [0.5, 0.6) is 5.75 Å². The molecule has 4 aromatic rings. The van der Waals surface area contributed by atoms with Crippen molar-refractivity contribution in [2.45, 2.75) is 27.0 Å². The van der Waals surface area contributed by atoms with Crippen molar-refractivity contribution in [2.75, 3.05) is 5.32 Å². The number of ether oxygens (including phenoxy) is 1. The number of rotatable bonds is 7. The van der Waals surface area contributed by atoms with Crippen molar-refractivity contribution in [2.24, 2.45) is 0 Å². The van der Waals surface area contributed by atoms with Crippen molar-refractivity contribution < 1.29 is 13.9 Å². The van der Waals surface area contributed by atoms with Crippen LogP contribution in [0.4, 0.5) is 5.69 Å². The summed E-state index contributed by atoms with van der Waals surface area (Å²) in [6, 6.07) is 18.5. The molecule has 0 saturated carbocycles. The van der Waals surface area contributed by atoms with Gasteiger partial charge in [0.1, 0.15) is 18.1 Å². The number of halogens is 2. The van der Waals surface area contributed by atoms with E-state index in [9.17, 15) is 4.79 Å². The summed E-state index contributed by atoms with van der Waals surface area (Å²) in [4.78, 5) is 12.7. The number of carbonyl (C=O) groups excluding carboxylic acids is 1. The van der Waals surface area contributed by atoms with Gasteiger partial charge in [-0.1, -0.05) is 39.7 Å². The molecule has 0 atom stereocenters. The molecule has 0 bridgehead atoms. The third-order valence-electron chi connectivity index (χ3n) is 4.95. The van der Waals surface area contributed by atoms with Gasteiger partial charge in [-0.2, -0.15) is 5.10 Å². The van der Waals surface area contributed by atoms with Crippen LogP contribution in [0.2, 0.25) is 5.02 Å². The van der Waals surface area contributed by atoms with Gasteiger partial charge < -0.3 is 14.5 Å². The van der Waals surface area contributed by atoms with Gasteiger partial charge in [-0.15, -0.1) is 0 Å². The van der Waals surface area contributed by atoms with Crippen molar-refractivity contribution in [3.8, 4) is 5.75 Å². The second-order valence-corrected chi connectivity index (χ2v) is 8.64. The largest absolute Gasteiger partial charge is 0.486 e. The molecule has 6 nitrogen and oxygen atoms in total. The Balaban J connectivity index is 1.41. The lowest BCUT2D eigenvalue weighted by Crippen LogP contribution is -2.12. The molecular formula is C24H21BrClN3O3. The number of aromatic nitrogens is 2. The fourth-order valence-electron chi connectivity index (χ4n) is 3.23. The molecule has 0 fully saturated rings. The maximum atomic E-state index is 12.7. The molecule has 164 valence electrons. The van der Waals surface area contributed by atoms with E-state index in [4.69, 9.17) is 20.8 Å². The molecule has 0 aliphatic heterocycles. The maximum absolute atomic E-state index is 12.7. The summed E-state index contributed by atoms with van der Waals surface area (Å²) in [5, 5.41) is 8.17. The topological polar surface area (TPSA) is 69.3 Å². The van der Waals surface area contributed by atoms with E-state index in [-0.39, 0.29) is 18.3 Å². The average molecular weight is 515 g/mol. The molecule has 0 aliphatic rings. The molecule has 0 radical (unpaired) electrons. The first-order valence-corrected chi connectivity index (χ1v) is 11.1. The molecule has 0 aliphatic carbocycles. The van der Waals surface area contributed by atoms with Gasteiger partial charge in [-0.05, 0) is 67.9 Å². The average Bonchev–Trinajstić information content (AvgIpc) is 3.35. The van der Waals surface area contributed by atoms with Crippen molar-refractivity contribution in [3.05, 3.63) is 98.6 Å². The Labute approximate surface area is 199 Å². The number of amides is 1. The van der Waals surface area contributed by atoms with Crippen LogP contribution in [-0.2, 0) is 13.2 Å². The first-order chi connectivity index (χ1) is 15.4. The Bertz CT molecular complexity index is 1230. The summed E-state index contributed by atoms with van der Waals surface area (Å²) in [5.74, 6) is 1.15. The number of nitrogens with zero attached hydrogens (tertiary/aromatic N) is 2. The lowest BCUT2D eigenvalue weighted by molar-refractivity contribution is 0.0992. The highest BCUT2D eigenvalue weighted by Crippen LogP contribution is 2.23. The van der Waals surface area contributed by atoms with Gasteiger partial charge >= 0.3 is 0 Å². The van der Waals surface area contributed by atoms with Crippen LogP contribution in [0.1, 0.15) is 33.3 Å². The zero-order valence-electron chi connectivity index (χ0n) is 17.6. The van der Waals surface area contributed by atoms with E-state index < -0.39 is 0 Å². The number of anilines is 1. The molecule has 0 spiro atoms. The summed E-state index contributed by atoms with van der Waals surface area (Å²) >= 11 is 9.35. The monoisotopic (exact) mass is 513 g/mol. The Hall–Kier alpha value is -3.03. The molecule has 4 rings (SSSR count). The van der Waals surface area contributed by atoms with E-state index in [1.165, 1.54) is 0 Å². The minimum atomic E-state index is -0.336. The highest BCUT2D eigenvalue weighted by atomic mass is 79.9. The number of furan rings is 1. The van der Waals surface area contributed by atoms with Crippen molar-refractivity contribution in [3.63, 3.8) is 0 Å². The Morgan fingerprint density at radius 3 is 2.53 bits per heavy atom. The molecule has 32 heavy (non-hydrogen) atoms. The van der Waals surface area contributed by atoms with E-state index >= 15 is 0 Å². The van der Waals surface area contributed by atoms with Gasteiger partial charge in [-0.3, -0.25) is 9.48 Å². The number of hydrogen-bond donors (Lipinski definition) is 1. The van der Waals surface area contributed by atoms with E-state index in [0.29, 0.717) is 23.0 Å². The summed E-state index contributed by atoms with van der Waals surface area (Å²) in [5.41, 5.74) is 3.33. The number of hydrogen-bond acceptors (Lipinski definition) is 4. The Morgan fingerprint density at radius 1 is 1.09 bits per heavy atom. The number of benzene rings is 2. The van der Waals surface area contributed by atoms with Crippen LogP contribution in [-0.4, -0.2) is 15.7 Å². The molecule has 1 N–H and O–H groups in total. The van der Waals surface area contributed by atoms with Crippen molar-refractivity contribution in [1.82, 2.24) is 9.78 Å². The predicted octanol–water partition coefficient (Wildman–Crippen LogP) is 6.39. The van der Waals surface area contributed by atoms with E-state index in [1.807, 2.05) is 67.1 Å². The summed E-state index contributed by atoms with van der Waals surface area (Å²) in [6.45, 7) is 4.59. The number of carbonyl (C=O) groups is 1. The lowest BCUT2D eigenvalue weighted by Gasteiger charge is -2.07. The normalized spacial score (nSPS) is 10.9. The van der Waals surface area contributed by atoms with Gasteiger partial charge in [0.25, 0.3) is 5.91 Å². The molecule has 2 aromatic carbocycles. The van der Waals surface area contributed by atoms with E-state index in [2.05, 4.69) is 26.3 Å². The number of nitrogens with one attached hydrogen (secondary N) is 1. The predicted molar refractivity (Wildman–Crippen MR) is 127 cm³/mol. The highest BCUT2D eigenvalue weighted by molar-refractivity contribution is 9.10. The summed E-state index contributed by atoms with van der Waals surface area (Å²) < 4.78 is 14.2. The third-order valence-corrected chi connectivity index (χ3v) is 5.73. The van der Waals surface area contributed by atoms with Crippen LogP contribution >= 0.6 is 27.5 Å². The fraction of sp³-hybridized carbons (Fsp3) is 0.167. The molecular weight excluding hydrogens is 494 g/mol. The maximum Gasteiger partial charge on any atom is 0.291 e. The van der Waals surface area contributed by atoms with Gasteiger partial charge in [0, 0.05) is 9.50 Å². The SMILES string of the molecule is Cc1nn(Cc2ccc(Cl)cc2)c(C)c1NC(=O)c1ccc(COc2ccc(Br)cc2)o1. The standard InChI is InChI=1S/C24H21BrClN3O3/c1-15-23(16(2)29(28-15)13-17-3-7-19(26)8-4-17)27-24(30)22-12-11-21(32-22)14-31-20-9-5-18(25)6-10-20/h3-12H,13-14H2,1-2H3,(H,27,30). The quantitative estimate of drug-likeness (QED) is 0.310. The zero-order valence-corrected chi connectivity index (χ0v) is 19.9. The van der Waals surface area contributed by atoms with Crippen LogP contribution in [0, 0.1) is 13.8 Å². The van der Waals surface area contributed by atoms with Crippen LogP contribution in [0.15, 0.2) is 69.6 Å². The minimum absolute atomic E-state index is 0.212. The van der Waals surface area contributed by atoms with Gasteiger partial charge in [0.15, 0.2) is 5.76 Å². The van der Waals surface area contributed by atoms with Gasteiger partial charge in [0.2, 0.25) is 0 Å². The van der Waals surface area contributed by atoms with Crippen molar-refractivity contribution >= 4 is 39.1 Å². The molecule has 1 amide bonds. The first kappa shape index (κ1) is 22.2. The molecule has 8 heteroatoms. The fourth-order valence-corrected chi connectivity index (χ4v) is 3.62. The van der Waals surface area contributed by atoms with Crippen molar-refractivity contribution in [1.29, 1.82) is 0 Å². The van der Waals surface area contributed by atoms with Crippen LogP contribution in [0.25, 0.3) is 0 Å². The Kier molecular flexibility index (Phi) is 6.67. The van der Waals surface area contributed by atoms with Gasteiger partial charge in [0.05, 0.1) is 23.6 Å². The van der Waals surface area contributed by atoms with Crippen LogP contribution in [0.3, 0.4) is 0 Å². The third kappa shape index (κ3) is 5.23. The van der Waals surface area contributed by atoms with Crippen LogP contribution < -0.4 is 10.1 Å². The highest BCUT2D eigenvalue weighted by Gasteiger charge is 2.18. The molecule has 0 unspecified atom stereocenters.